The second kappa shape index (κ2) is 5.30. The maximum atomic E-state index is 5.41. The molecule has 4 nitrogen and oxygen atoms in total. The van der Waals surface area contributed by atoms with E-state index in [1.54, 1.807) is 0 Å². The number of hydrogen-bond acceptors (Lipinski definition) is 4. The van der Waals surface area contributed by atoms with Crippen LogP contribution in [-0.4, -0.2) is 10.2 Å². The Labute approximate surface area is 94.7 Å². The highest BCUT2D eigenvalue weighted by Crippen LogP contribution is 2.09. The van der Waals surface area contributed by atoms with Crippen molar-refractivity contribution in [2.75, 3.05) is 5.32 Å². The largest absolute Gasteiger partial charge is 0.408 e. The molecule has 0 saturated carbocycles. The van der Waals surface area contributed by atoms with Crippen molar-refractivity contribution in [2.24, 2.45) is 0 Å². The summed E-state index contributed by atoms with van der Waals surface area (Å²) in [5.74, 6) is 0.693. The van der Waals surface area contributed by atoms with Crippen LogP contribution in [0.3, 0.4) is 0 Å². The fraction of sp³-hybridized carbons (Fsp3) is 0.333. The van der Waals surface area contributed by atoms with Crippen LogP contribution in [0.4, 0.5) is 6.01 Å². The van der Waals surface area contributed by atoms with E-state index < -0.39 is 0 Å². The van der Waals surface area contributed by atoms with E-state index >= 15 is 0 Å². The van der Waals surface area contributed by atoms with Gasteiger partial charge in [0.05, 0.1) is 0 Å². The fourth-order valence-electron chi connectivity index (χ4n) is 1.41. The first kappa shape index (κ1) is 10.7. The summed E-state index contributed by atoms with van der Waals surface area (Å²) in [6.07, 6.45) is 1.85. The third kappa shape index (κ3) is 2.82. The zero-order valence-electron chi connectivity index (χ0n) is 9.31. The van der Waals surface area contributed by atoms with Crippen LogP contribution in [0, 0.1) is 0 Å². The number of rotatable bonds is 5. The average Bonchev–Trinajstić information content (AvgIpc) is 2.76. The smallest absolute Gasteiger partial charge is 0.315 e. The van der Waals surface area contributed by atoms with Gasteiger partial charge in [-0.1, -0.05) is 42.4 Å². The van der Waals surface area contributed by atoms with Gasteiger partial charge in [-0.3, -0.25) is 0 Å². The van der Waals surface area contributed by atoms with Crippen molar-refractivity contribution in [2.45, 2.75) is 26.3 Å². The topological polar surface area (TPSA) is 51.0 Å². The lowest BCUT2D eigenvalue weighted by Gasteiger charge is -2.00. The Hall–Kier alpha value is -1.84. The van der Waals surface area contributed by atoms with Gasteiger partial charge in [-0.2, -0.15) is 0 Å². The lowest BCUT2D eigenvalue weighted by molar-refractivity contribution is 0.501. The SMILES string of the molecule is CCCc1nnc(NCc2ccccc2)o1. The molecule has 16 heavy (non-hydrogen) atoms. The summed E-state index contributed by atoms with van der Waals surface area (Å²) < 4.78 is 5.41. The first-order chi connectivity index (χ1) is 7.88. The predicted octanol–water partition coefficient (Wildman–Crippen LogP) is 2.63. The van der Waals surface area contributed by atoms with Crippen LogP contribution < -0.4 is 5.32 Å². The molecule has 4 heteroatoms. The second-order valence-corrected chi connectivity index (χ2v) is 3.59. The summed E-state index contributed by atoms with van der Waals surface area (Å²) in [5.41, 5.74) is 1.19. The molecule has 0 amide bonds. The van der Waals surface area contributed by atoms with Gasteiger partial charge < -0.3 is 9.73 Å². The zero-order chi connectivity index (χ0) is 11.2. The Morgan fingerprint density at radius 1 is 1.19 bits per heavy atom. The van der Waals surface area contributed by atoms with E-state index in [1.165, 1.54) is 5.56 Å². The number of hydrogen-bond donors (Lipinski definition) is 1. The predicted molar refractivity (Wildman–Crippen MR) is 62.1 cm³/mol. The van der Waals surface area contributed by atoms with E-state index in [4.69, 9.17) is 4.42 Å². The molecule has 1 heterocycles. The third-order valence-electron chi connectivity index (χ3n) is 2.22. The summed E-state index contributed by atoms with van der Waals surface area (Å²) in [5, 5.41) is 11.0. The van der Waals surface area contributed by atoms with Gasteiger partial charge in [0.25, 0.3) is 0 Å². The van der Waals surface area contributed by atoms with E-state index in [2.05, 4.69) is 34.6 Å². The molecular weight excluding hydrogens is 202 g/mol. The van der Waals surface area contributed by atoms with Crippen LogP contribution in [0.25, 0.3) is 0 Å². The first-order valence-electron chi connectivity index (χ1n) is 5.48. The molecule has 0 unspecified atom stereocenters. The number of nitrogens with zero attached hydrogens (tertiary/aromatic N) is 2. The zero-order valence-corrected chi connectivity index (χ0v) is 9.31. The van der Waals surface area contributed by atoms with Gasteiger partial charge >= 0.3 is 6.01 Å². The van der Waals surface area contributed by atoms with Gasteiger partial charge in [0.15, 0.2) is 0 Å². The highest BCUT2D eigenvalue weighted by atomic mass is 16.4. The summed E-state index contributed by atoms with van der Waals surface area (Å²) in [4.78, 5) is 0. The van der Waals surface area contributed by atoms with Gasteiger partial charge in [0.1, 0.15) is 0 Å². The van der Waals surface area contributed by atoms with Crippen molar-refractivity contribution >= 4 is 6.01 Å². The number of aromatic nitrogens is 2. The van der Waals surface area contributed by atoms with E-state index in [-0.39, 0.29) is 0 Å². The highest BCUT2D eigenvalue weighted by Gasteiger charge is 2.03. The standard InChI is InChI=1S/C12H15N3O/c1-2-6-11-14-15-12(16-11)13-9-10-7-4-3-5-8-10/h3-5,7-8H,2,6,9H2,1H3,(H,13,15). The summed E-state index contributed by atoms with van der Waals surface area (Å²) in [6.45, 7) is 2.79. The number of anilines is 1. The Morgan fingerprint density at radius 2 is 2.00 bits per heavy atom. The van der Waals surface area contributed by atoms with Gasteiger partial charge in [0.2, 0.25) is 5.89 Å². The van der Waals surface area contributed by atoms with Crippen molar-refractivity contribution in [3.63, 3.8) is 0 Å². The molecule has 1 aromatic carbocycles. The van der Waals surface area contributed by atoms with E-state index in [0.717, 1.165) is 12.8 Å². The monoisotopic (exact) mass is 217 g/mol. The van der Waals surface area contributed by atoms with Gasteiger partial charge in [-0.25, -0.2) is 0 Å². The Balaban J connectivity index is 1.89. The normalized spacial score (nSPS) is 10.3. The molecule has 0 spiro atoms. The fourth-order valence-corrected chi connectivity index (χ4v) is 1.41. The molecule has 0 aliphatic carbocycles. The molecule has 1 aromatic heterocycles. The maximum absolute atomic E-state index is 5.41. The van der Waals surface area contributed by atoms with Crippen LogP contribution in [0.15, 0.2) is 34.7 Å². The van der Waals surface area contributed by atoms with Crippen LogP contribution in [-0.2, 0) is 13.0 Å². The molecule has 1 N–H and O–H groups in total. The third-order valence-corrected chi connectivity index (χ3v) is 2.22. The van der Waals surface area contributed by atoms with E-state index in [0.29, 0.717) is 18.5 Å². The molecule has 0 saturated heterocycles. The molecule has 0 fully saturated rings. The maximum Gasteiger partial charge on any atom is 0.315 e. The van der Waals surface area contributed by atoms with Crippen LogP contribution in [0.1, 0.15) is 24.8 Å². The first-order valence-corrected chi connectivity index (χ1v) is 5.48. The summed E-state index contributed by atoms with van der Waals surface area (Å²) >= 11 is 0. The van der Waals surface area contributed by atoms with Gasteiger partial charge in [-0.15, -0.1) is 5.10 Å². The van der Waals surface area contributed by atoms with E-state index in [9.17, 15) is 0 Å². The molecule has 0 aliphatic rings. The van der Waals surface area contributed by atoms with Crippen molar-refractivity contribution in [1.82, 2.24) is 10.2 Å². The Kier molecular flexibility index (Phi) is 3.53. The van der Waals surface area contributed by atoms with Crippen molar-refractivity contribution in [1.29, 1.82) is 0 Å². The van der Waals surface area contributed by atoms with Crippen molar-refractivity contribution < 1.29 is 4.42 Å². The van der Waals surface area contributed by atoms with Crippen LogP contribution in [0.2, 0.25) is 0 Å². The van der Waals surface area contributed by atoms with Crippen LogP contribution in [0.5, 0.6) is 0 Å². The number of aryl methyl sites for hydroxylation is 1. The van der Waals surface area contributed by atoms with E-state index in [1.807, 2.05) is 18.2 Å². The minimum absolute atomic E-state index is 0.493. The minimum atomic E-state index is 0.493. The highest BCUT2D eigenvalue weighted by molar-refractivity contribution is 5.23. The number of benzene rings is 1. The van der Waals surface area contributed by atoms with Gasteiger partial charge in [0, 0.05) is 13.0 Å². The molecule has 84 valence electrons. The summed E-state index contributed by atoms with van der Waals surface area (Å²) in [7, 11) is 0. The molecule has 2 rings (SSSR count). The number of nitrogens with one attached hydrogen (secondary N) is 1. The lowest BCUT2D eigenvalue weighted by atomic mass is 10.2. The molecular formula is C12H15N3O. The quantitative estimate of drug-likeness (QED) is 0.836. The molecule has 2 aromatic rings. The Bertz CT molecular complexity index is 425. The molecule has 0 atom stereocenters. The minimum Gasteiger partial charge on any atom is -0.408 e. The molecule has 0 bridgehead atoms. The molecule has 0 aliphatic heterocycles. The van der Waals surface area contributed by atoms with Crippen molar-refractivity contribution in [3.8, 4) is 0 Å². The van der Waals surface area contributed by atoms with Crippen molar-refractivity contribution in [3.05, 3.63) is 41.8 Å². The second-order valence-electron chi connectivity index (χ2n) is 3.59. The average molecular weight is 217 g/mol. The van der Waals surface area contributed by atoms with Gasteiger partial charge in [-0.05, 0) is 12.0 Å². The Morgan fingerprint density at radius 3 is 2.75 bits per heavy atom. The summed E-state index contributed by atoms with van der Waals surface area (Å²) in [6, 6.07) is 10.6. The lowest BCUT2D eigenvalue weighted by Crippen LogP contribution is -1.98. The van der Waals surface area contributed by atoms with Crippen LogP contribution >= 0.6 is 0 Å². The molecule has 0 radical (unpaired) electrons.